The maximum absolute atomic E-state index is 5.31. The average molecular weight is 171 g/mol. The highest BCUT2D eigenvalue weighted by atomic mass is 16.5. The van der Waals surface area contributed by atoms with E-state index in [1.54, 1.807) is 0 Å². The monoisotopic (exact) mass is 171 g/mol. The molecule has 1 atom stereocenters. The van der Waals surface area contributed by atoms with Gasteiger partial charge in [-0.2, -0.15) is 0 Å². The summed E-state index contributed by atoms with van der Waals surface area (Å²) >= 11 is 0. The molecule has 1 unspecified atom stereocenters. The number of methoxy groups -OCH3 is 1. The predicted molar refractivity (Wildman–Crippen MR) is 51.3 cm³/mol. The summed E-state index contributed by atoms with van der Waals surface area (Å²) in [6, 6.07) is 0. The molecule has 1 saturated heterocycles. The fourth-order valence-electron chi connectivity index (χ4n) is 1.63. The lowest BCUT2D eigenvalue weighted by molar-refractivity contribution is 0.107. The van der Waals surface area contributed by atoms with Gasteiger partial charge in [0, 0.05) is 20.2 Å². The van der Waals surface area contributed by atoms with Crippen molar-refractivity contribution < 1.29 is 4.74 Å². The van der Waals surface area contributed by atoms with Gasteiger partial charge in [0.15, 0.2) is 0 Å². The normalized spacial score (nSPS) is 25.5. The van der Waals surface area contributed by atoms with Crippen LogP contribution in [0.25, 0.3) is 0 Å². The van der Waals surface area contributed by atoms with Crippen molar-refractivity contribution in [2.75, 3.05) is 26.7 Å². The van der Waals surface area contributed by atoms with E-state index in [1.807, 2.05) is 7.11 Å². The second kappa shape index (κ2) is 4.83. The fourth-order valence-corrected chi connectivity index (χ4v) is 1.63. The lowest BCUT2D eigenvalue weighted by atomic mass is 10.1. The summed E-state index contributed by atoms with van der Waals surface area (Å²) < 4.78 is 5.31. The van der Waals surface area contributed by atoms with E-state index in [1.165, 1.54) is 25.9 Å². The van der Waals surface area contributed by atoms with Crippen molar-refractivity contribution in [3.8, 4) is 0 Å². The first kappa shape index (κ1) is 10.0. The van der Waals surface area contributed by atoms with Crippen LogP contribution in [0.3, 0.4) is 0 Å². The van der Waals surface area contributed by atoms with Gasteiger partial charge in [0.1, 0.15) is 0 Å². The summed E-state index contributed by atoms with van der Waals surface area (Å²) in [7, 11) is 1.82. The second-order valence-electron chi connectivity index (χ2n) is 4.13. The molecule has 0 aromatic rings. The minimum absolute atomic E-state index is 0.497. The molecule has 1 rings (SSSR count). The van der Waals surface area contributed by atoms with Crippen LogP contribution in [0.2, 0.25) is 0 Å². The van der Waals surface area contributed by atoms with Gasteiger partial charge in [-0.15, -0.1) is 0 Å². The molecular weight excluding hydrogens is 150 g/mol. The van der Waals surface area contributed by atoms with E-state index in [9.17, 15) is 0 Å². The molecule has 1 fully saturated rings. The molecule has 0 aliphatic carbocycles. The number of hydrogen-bond acceptors (Lipinski definition) is 2. The van der Waals surface area contributed by atoms with Gasteiger partial charge in [0.25, 0.3) is 0 Å². The topological polar surface area (TPSA) is 12.5 Å². The van der Waals surface area contributed by atoms with Gasteiger partial charge >= 0.3 is 0 Å². The van der Waals surface area contributed by atoms with Crippen molar-refractivity contribution >= 4 is 0 Å². The molecule has 0 aromatic carbocycles. The zero-order valence-corrected chi connectivity index (χ0v) is 8.55. The summed E-state index contributed by atoms with van der Waals surface area (Å²) in [5, 5.41) is 0. The Morgan fingerprint density at radius 1 is 1.50 bits per heavy atom. The summed E-state index contributed by atoms with van der Waals surface area (Å²) in [5.74, 6) is 0.826. The molecule has 0 spiro atoms. The first-order chi connectivity index (χ1) is 5.72. The maximum atomic E-state index is 5.31. The summed E-state index contributed by atoms with van der Waals surface area (Å²) in [5.41, 5.74) is 0. The van der Waals surface area contributed by atoms with Crippen molar-refractivity contribution in [3.05, 3.63) is 0 Å². The van der Waals surface area contributed by atoms with E-state index >= 15 is 0 Å². The Labute approximate surface area is 75.9 Å². The molecule has 0 amide bonds. The molecule has 2 nitrogen and oxygen atoms in total. The molecule has 1 aliphatic heterocycles. The lowest BCUT2D eigenvalue weighted by Crippen LogP contribution is -2.24. The van der Waals surface area contributed by atoms with Crippen molar-refractivity contribution in [1.29, 1.82) is 0 Å². The average Bonchev–Trinajstić information content (AvgIpc) is 2.48. The van der Waals surface area contributed by atoms with Crippen molar-refractivity contribution in [2.45, 2.75) is 32.8 Å². The van der Waals surface area contributed by atoms with Gasteiger partial charge in [0.05, 0.1) is 6.10 Å². The Morgan fingerprint density at radius 3 is 2.75 bits per heavy atom. The summed E-state index contributed by atoms with van der Waals surface area (Å²) in [4.78, 5) is 2.51. The van der Waals surface area contributed by atoms with E-state index in [4.69, 9.17) is 4.74 Å². The van der Waals surface area contributed by atoms with Crippen LogP contribution < -0.4 is 0 Å². The molecule has 0 saturated carbocycles. The van der Waals surface area contributed by atoms with E-state index in [0.717, 1.165) is 12.5 Å². The first-order valence-corrected chi connectivity index (χ1v) is 4.97. The van der Waals surface area contributed by atoms with Crippen LogP contribution in [-0.4, -0.2) is 37.7 Å². The van der Waals surface area contributed by atoms with E-state index in [-0.39, 0.29) is 0 Å². The van der Waals surface area contributed by atoms with Gasteiger partial charge in [0.2, 0.25) is 0 Å². The smallest absolute Gasteiger partial charge is 0.0710 e. The Bertz CT molecular complexity index is 125. The fraction of sp³-hybridized carbons (Fsp3) is 1.00. The largest absolute Gasteiger partial charge is 0.380 e. The maximum Gasteiger partial charge on any atom is 0.0710 e. The van der Waals surface area contributed by atoms with Crippen LogP contribution in [0.15, 0.2) is 0 Å². The number of ether oxygens (including phenoxy) is 1. The quantitative estimate of drug-likeness (QED) is 0.639. The minimum atomic E-state index is 0.497. The zero-order valence-electron chi connectivity index (χ0n) is 8.55. The molecule has 0 bridgehead atoms. The molecule has 0 radical (unpaired) electrons. The molecule has 1 aliphatic rings. The van der Waals surface area contributed by atoms with Crippen LogP contribution in [0.1, 0.15) is 26.7 Å². The van der Waals surface area contributed by atoms with Crippen LogP contribution in [-0.2, 0) is 4.74 Å². The van der Waals surface area contributed by atoms with E-state index in [2.05, 4.69) is 18.7 Å². The van der Waals surface area contributed by atoms with Crippen LogP contribution in [0.5, 0.6) is 0 Å². The molecule has 0 aromatic heterocycles. The first-order valence-electron chi connectivity index (χ1n) is 4.97. The third-order valence-corrected chi connectivity index (χ3v) is 2.59. The van der Waals surface area contributed by atoms with Gasteiger partial charge in [-0.1, -0.05) is 13.8 Å². The van der Waals surface area contributed by atoms with Gasteiger partial charge in [-0.3, -0.25) is 0 Å². The Hall–Kier alpha value is -0.0800. The highest BCUT2D eigenvalue weighted by Gasteiger charge is 2.21. The third-order valence-electron chi connectivity index (χ3n) is 2.59. The predicted octanol–water partition coefficient (Wildman–Crippen LogP) is 1.75. The summed E-state index contributed by atoms with van der Waals surface area (Å²) in [6.45, 7) is 8.18. The number of nitrogens with zero attached hydrogens (tertiary/aromatic N) is 1. The van der Waals surface area contributed by atoms with Gasteiger partial charge < -0.3 is 9.64 Å². The van der Waals surface area contributed by atoms with Gasteiger partial charge in [-0.25, -0.2) is 0 Å². The number of rotatable bonds is 4. The molecule has 12 heavy (non-hydrogen) atoms. The minimum Gasteiger partial charge on any atom is -0.380 e. The second-order valence-corrected chi connectivity index (χ2v) is 4.13. The Kier molecular flexibility index (Phi) is 4.02. The van der Waals surface area contributed by atoms with Gasteiger partial charge in [-0.05, 0) is 25.3 Å². The van der Waals surface area contributed by atoms with E-state index < -0.39 is 0 Å². The number of likely N-dealkylation sites (tertiary alicyclic amines) is 1. The molecule has 72 valence electrons. The van der Waals surface area contributed by atoms with E-state index in [0.29, 0.717) is 6.10 Å². The summed E-state index contributed by atoms with van der Waals surface area (Å²) in [6.07, 6.45) is 3.03. The van der Waals surface area contributed by atoms with Crippen molar-refractivity contribution in [1.82, 2.24) is 4.90 Å². The Morgan fingerprint density at radius 2 is 2.25 bits per heavy atom. The Balaban J connectivity index is 2.11. The van der Waals surface area contributed by atoms with Crippen LogP contribution >= 0.6 is 0 Å². The highest BCUT2D eigenvalue weighted by molar-refractivity contribution is 4.75. The zero-order chi connectivity index (χ0) is 8.97. The third kappa shape index (κ3) is 3.11. The van der Waals surface area contributed by atoms with Crippen molar-refractivity contribution in [2.24, 2.45) is 5.92 Å². The lowest BCUT2D eigenvalue weighted by Gasteiger charge is -2.16. The molecule has 0 N–H and O–H groups in total. The standard InChI is InChI=1S/C10H21NO/c1-9(2)4-6-11-7-5-10(8-11)12-3/h9-10H,4-8H2,1-3H3. The van der Waals surface area contributed by atoms with Crippen LogP contribution in [0, 0.1) is 5.92 Å². The molecular formula is C10H21NO. The SMILES string of the molecule is COC1CCN(CCC(C)C)C1. The molecule has 2 heteroatoms. The molecule has 1 heterocycles. The number of hydrogen-bond donors (Lipinski definition) is 0. The highest BCUT2D eigenvalue weighted by Crippen LogP contribution is 2.13. The van der Waals surface area contributed by atoms with Crippen molar-refractivity contribution in [3.63, 3.8) is 0 Å². The van der Waals surface area contributed by atoms with Crippen LogP contribution in [0.4, 0.5) is 0 Å².